The van der Waals surface area contributed by atoms with Gasteiger partial charge in [-0.2, -0.15) is 0 Å². The van der Waals surface area contributed by atoms with Crippen molar-refractivity contribution < 1.29 is 9.47 Å². The maximum Gasteiger partial charge on any atom is 0.127 e. The van der Waals surface area contributed by atoms with Crippen LogP contribution in [0.3, 0.4) is 0 Å². The summed E-state index contributed by atoms with van der Waals surface area (Å²) in [6, 6.07) is 14.4. The number of nitrogens with one attached hydrogen (secondary N) is 1. The standard InChI is InChI=1S/C18H23NO2/c1-14-12-18(9-6-16(14)13-19-2)21-17-7-4-15(5-8-17)10-11-20-3/h4-9,12,19H,10-11,13H2,1-3H3. The molecule has 2 rings (SSSR count). The van der Waals surface area contributed by atoms with Crippen LogP contribution in [0, 0.1) is 6.92 Å². The summed E-state index contributed by atoms with van der Waals surface area (Å²) in [7, 11) is 3.67. The third kappa shape index (κ3) is 4.59. The molecule has 0 heterocycles. The average Bonchev–Trinajstić information content (AvgIpc) is 2.49. The Morgan fingerprint density at radius 2 is 1.71 bits per heavy atom. The quantitative estimate of drug-likeness (QED) is 0.841. The van der Waals surface area contributed by atoms with Crippen LogP contribution in [0.2, 0.25) is 0 Å². The van der Waals surface area contributed by atoms with Gasteiger partial charge in [0.15, 0.2) is 0 Å². The van der Waals surface area contributed by atoms with Gasteiger partial charge in [0.2, 0.25) is 0 Å². The largest absolute Gasteiger partial charge is 0.457 e. The van der Waals surface area contributed by atoms with Crippen LogP contribution in [0.4, 0.5) is 0 Å². The van der Waals surface area contributed by atoms with E-state index in [1.54, 1.807) is 7.11 Å². The number of aryl methyl sites for hydroxylation is 1. The fourth-order valence-corrected chi connectivity index (χ4v) is 2.20. The van der Waals surface area contributed by atoms with Crippen molar-refractivity contribution in [1.29, 1.82) is 0 Å². The first kappa shape index (κ1) is 15.5. The Hall–Kier alpha value is -1.84. The molecule has 3 heteroatoms. The smallest absolute Gasteiger partial charge is 0.127 e. The number of hydrogen-bond acceptors (Lipinski definition) is 3. The second-order valence-electron chi connectivity index (χ2n) is 5.11. The zero-order chi connectivity index (χ0) is 15.1. The third-order valence-corrected chi connectivity index (χ3v) is 3.44. The summed E-state index contributed by atoms with van der Waals surface area (Å²) in [5.41, 5.74) is 3.78. The molecule has 2 aromatic rings. The van der Waals surface area contributed by atoms with E-state index < -0.39 is 0 Å². The van der Waals surface area contributed by atoms with Crippen LogP contribution >= 0.6 is 0 Å². The SMILES string of the molecule is CNCc1ccc(Oc2ccc(CCOC)cc2)cc1C. The van der Waals surface area contributed by atoms with Gasteiger partial charge in [-0.15, -0.1) is 0 Å². The molecular formula is C18H23NO2. The second kappa shape index (κ2) is 7.81. The van der Waals surface area contributed by atoms with Crippen molar-refractivity contribution in [2.45, 2.75) is 19.9 Å². The van der Waals surface area contributed by atoms with E-state index in [2.05, 4.69) is 36.5 Å². The molecule has 0 amide bonds. The number of methoxy groups -OCH3 is 1. The molecule has 0 aliphatic carbocycles. The van der Waals surface area contributed by atoms with E-state index in [1.807, 2.05) is 25.2 Å². The summed E-state index contributed by atoms with van der Waals surface area (Å²) in [4.78, 5) is 0. The Balaban J connectivity index is 2.02. The molecule has 0 spiro atoms. The maximum atomic E-state index is 5.90. The van der Waals surface area contributed by atoms with Gasteiger partial charge < -0.3 is 14.8 Å². The Bertz CT molecular complexity index is 564. The highest BCUT2D eigenvalue weighted by molar-refractivity contribution is 5.38. The Morgan fingerprint density at radius 3 is 2.33 bits per heavy atom. The molecule has 0 aliphatic rings. The number of rotatable bonds is 7. The molecule has 0 saturated heterocycles. The number of hydrogen-bond donors (Lipinski definition) is 1. The van der Waals surface area contributed by atoms with Crippen LogP contribution in [0.5, 0.6) is 11.5 Å². The minimum atomic E-state index is 0.742. The molecule has 0 saturated carbocycles. The lowest BCUT2D eigenvalue weighted by atomic mass is 10.1. The van der Waals surface area contributed by atoms with Crippen molar-refractivity contribution in [1.82, 2.24) is 5.32 Å². The highest BCUT2D eigenvalue weighted by Crippen LogP contribution is 2.24. The fraction of sp³-hybridized carbons (Fsp3) is 0.333. The van der Waals surface area contributed by atoms with Crippen LogP contribution in [0.15, 0.2) is 42.5 Å². The van der Waals surface area contributed by atoms with Gasteiger partial charge in [0, 0.05) is 13.7 Å². The Kier molecular flexibility index (Phi) is 5.78. The van der Waals surface area contributed by atoms with Crippen LogP contribution in [0.25, 0.3) is 0 Å². The first-order valence-corrected chi connectivity index (χ1v) is 7.23. The summed E-state index contributed by atoms with van der Waals surface area (Å²) in [6.07, 6.45) is 0.925. The molecule has 0 aromatic heterocycles. The minimum Gasteiger partial charge on any atom is -0.457 e. The average molecular weight is 285 g/mol. The maximum absolute atomic E-state index is 5.90. The van der Waals surface area contributed by atoms with Crippen molar-refractivity contribution in [2.75, 3.05) is 20.8 Å². The van der Waals surface area contributed by atoms with E-state index in [0.717, 1.165) is 31.1 Å². The number of ether oxygens (including phenoxy) is 2. The van der Waals surface area contributed by atoms with Gasteiger partial charge in [0.05, 0.1) is 6.61 Å². The van der Waals surface area contributed by atoms with E-state index in [1.165, 1.54) is 16.7 Å². The summed E-state index contributed by atoms with van der Waals surface area (Å²) < 4.78 is 11.0. The fourth-order valence-electron chi connectivity index (χ4n) is 2.20. The summed E-state index contributed by atoms with van der Waals surface area (Å²) >= 11 is 0. The van der Waals surface area contributed by atoms with Gasteiger partial charge in [-0.25, -0.2) is 0 Å². The van der Waals surface area contributed by atoms with Gasteiger partial charge in [-0.05, 0) is 61.3 Å². The molecule has 0 radical (unpaired) electrons. The van der Waals surface area contributed by atoms with Crippen molar-refractivity contribution in [3.05, 3.63) is 59.2 Å². The molecule has 0 bridgehead atoms. The van der Waals surface area contributed by atoms with Crippen molar-refractivity contribution in [3.8, 4) is 11.5 Å². The van der Waals surface area contributed by atoms with Crippen LogP contribution in [0.1, 0.15) is 16.7 Å². The molecule has 1 N–H and O–H groups in total. The zero-order valence-electron chi connectivity index (χ0n) is 13.0. The molecule has 112 valence electrons. The van der Waals surface area contributed by atoms with Crippen LogP contribution in [-0.2, 0) is 17.7 Å². The Labute approximate surface area is 126 Å². The molecular weight excluding hydrogens is 262 g/mol. The van der Waals surface area contributed by atoms with E-state index in [-0.39, 0.29) is 0 Å². The highest BCUT2D eigenvalue weighted by Gasteiger charge is 2.02. The van der Waals surface area contributed by atoms with Crippen molar-refractivity contribution in [2.24, 2.45) is 0 Å². The molecule has 0 unspecified atom stereocenters. The summed E-state index contributed by atoms with van der Waals surface area (Å²) in [5.74, 6) is 1.73. The first-order chi connectivity index (χ1) is 10.2. The van der Waals surface area contributed by atoms with Gasteiger partial charge in [0.1, 0.15) is 11.5 Å². The van der Waals surface area contributed by atoms with Gasteiger partial charge in [0.25, 0.3) is 0 Å². The molecule has 0 atom stereocenters. The minimum absolute atomic E-state index is 0.742. The normalized spacial score (nSPS) is 10.6. The van der Waals surface area contributed by atoms with Gasteiger partial charge in [-0.3, -0.25) is 0 Å². The third-order valence-electron chi connectivity index (χ3n) is 3.44. The zero-order valence-corrected chi connectivity index (χ0v) is 13.0. The predicted octanol–water partition coefficient (Wildman–Crippen LogP) is 3.70. The van der Waals surface area contributed by atoms with Crippen LogP contribution < -0.4 is 10.1 Å². The number of benzene rings is 2. The Morgan fingerprint density at radius 1 is 1.00 bits per heavy atom. The lowest BCUT2D eigenvalue weighted by molar-refractivity contribution is 0.202. The molecule has 3 nitrogen and oxygen atoms in total. The van der Waals surface area contributed by atoms with E-state index in [4.69, 9.17) is 9.47 Å². The highest BCUT2D eigenvalue weighted by atomic mass is 16.5. The monoisotopic (exact) mass is 285 g/mol. The van der Waals surface area contributed by atoms with E-state index in [0.29, 0.717) is 0 Å². The topological polar surface area (TPSA) is 30.5 Å². The lowest BCUT2D eigenvalue weighted by Crippen LogP contribution is -2.06. The van der Waals surface area contributed by atoms with Crippen LogP contribution in [-0.4, -0.2) is 20.8 Å². The molecule has 0 aliphatic heterocycles. The summed E-state index contributed by atoms with van der Waals surface area (Å²) in [5, 5.41) is 3.17. The summed E-state index contributed by atoms with van der Waals surface area (Å²) in [6.45, 7) is 3.72. The van der Waals surface area contributed by atoms with Crippen molar-refractivity contribution >= 4 is 0 Å². The molecule has 0 fully saturated rings. The van der Waals surface area contributed by atoms with E-state index >= 15 is 0 Å². The van der Waals surface area contributed by atoms with Crippen molar-refractivity contribution in [3.63, 3.8) is 0 Å². The van der Waals surface area contributed by atoms with Gasteiger partial charge in [-0.1, -0.05) is 18.2 Å². The second-order valence-corrected chi connectivity index (χ2v) is 5.11. The first-order valence-electron chi connectivity index (χ1n) is 7.23. The molecule has 21 heavy (non-hydrogen) atoms. The van der Waals surface area contributed by atoms with Gasteiger partial charge >= 0.3 is 0 Å². The van der Waals surface area contributed by atoms with E-state index in [9.17, 15) is 0 Å². The lowest BCUT2D eigenvalue weighted by Gasteiger charge is -2.10. The predicted molar refractivity (Wildman–Crippen MR) is 86.0 cm³/mol. The molecule has 2 aromatic carbocycles.